The Balaban J connectivity index is 1.80. The van der Waals surface area contributed by atoms with E-state index in [-0.39, 0.29) is 0 Å². The van der Waals surface area contributed by atoms with E-state index in [2.05, 4.69) is 20.9 Å². The normalized spacial score (nSPS) is 20.1. The number of nitrogen functional groups attached to an aromatic ring is 1. The minimum Gasteiger partial charge on any atom is -0.465 e. The molecule has 3 rings (SSSR count). The molecule has 1 aliphatic rings. The average molecular weight is 272 g/mol. The van der Waals surface area contributed by atoms with E-state index in [4.69, 9.17) is 10.2 Å². The van der Waals surface area contributed by atoms with Crippen molar-refractivity contribution in [3.63, 3.8) is 0 Å². The summed E-state index contributed by atoms with van der Waals surface area (Å²) in [5.41, 5.74) is 6.72. The van der Waals surface area contributed by atoms with Crippen LogP contribution in [0.4, 0.5) is 5.95 Å². The Bertz CT molecular complexity index is 581. The highest BCUT2D eigenvalue weighted by Gasteiger charge is 2.26. The average Bonchev–Trinajstić information content (AvgIpc) is 2.85. The number of rotatable bonds is 3. The van der Waals surface area contributed by atoms with Gasteiger partial charge in [0.05, 0.1) is 18.3 Å². The molecule has 0 saturated carbocycles. The van der Waals surface area contributed by atoms with Crippen LogP contribution in [0, 0.1) is 6.92 Å². The molecule has 5 heteroatoms. The van der Waals surface area contributed by atoms with Gasteiger partial charge in [0.1, 0.15) is 11.5 Å². The Morgan fingerprint density at radius 3 is 3.00 bits per heavy atom. The maximum atomic E-state index is 5.71. The third-order valence-corrected chi connectivity index (χ3v) is 3.81. The van der Waals surface area contributed by atoms with Crippen LogP contribution in [-0.4, -0.2) is 21.4 Å². The fourth-order valence-electron chi connectivity index (χ4n) is 2.86. The van der Waals surface area contributed by atoms with Crippen LogP contribution in [0.25, 0.3) is 0 Å². The van der Waals surface area contributed by atoms with Crippen molar-refractivity contribution in [2.45, 2.75) is 38.8 Å². The Hall–Kier alpha value is -1.88. The maximum Gasteiger partial charge on any atom is 0.220 e. The summed E-state index contributed by atoms with van der Waals surface area (Å²) in [6.07, 6.45) is 5.29. The SMILES string of the molecule is Cc1ccc(CN2CCCC[C@@H]2c2ccnc(N)n2)o1. The number of nitrogens with two attached hydrogens (primary N) is 1. The first-order chi connectivity index (χ1) is 9.72. The summed E-state index contributed by atoms with van der Waals surface area (Å²) in [4.78, 5) is 10.8. The van der Waals surface area contributed by atoms with Gasteiger partial charge in [-0.05, 0) is 44.5 Å². The second kappa shape index (κ2) is 5.63. The summed E-state index contributed by atoms with van der Waals surface area (Å²) < 4.78 is 5.70. The van der Waals surface area contributed by atoms with Gasteiger partial charge in [-0.25, -0.2) is 9.97 Å². The van der Waals surface area contributed by atoms with Gasteiger partial charge in [0.25, 0.3) is 0 Å². The highest BCUT2D eigenvalue weighted by atomic mass is 16.3. The van der Waals surface area contributed by atoms with Crippen molar-refractivity contribution in [3.8, 4) is 0 Å². The molecule has 5 nitrogen and oxygen atoms in total. The van der Waals surface area contributed by atoms with E-state index in [1.165, 1.54) is 12.8 Å². The monoisotopic (exact) mass is 272 g/mol. The van der Waals surface area contributed by atoms with Crippen LogP contribution >= 0.6 is 0 Å². The van der Waals surface area contributed by atoms with Gasteiger partial charge in [-0.15, -0.1) is 0 Å². The van der Waals surface area contributed by atoms with Crippen LogP contribution in [-0.2, 0) is 6.54 Å². The quantitative estimate of drug-likeness (QED) is 0.930. The lowest BCUT2D eigenvalue weighted by Crippen LogP contribution is -2.33. The van der Waals surface area contributed by atoms with Gasteiger partial charge in [-0.1, -0.05) is 6.42 Å². The van der Waals surface area contributed by atoms with E-state index < -0.39 is 0 Å². The highest BCUT2D eigenvalue weighted by Crippen LogP contribution is 2.31. The molecule has 0 aromatic carbocycles. The van der Waals surface area contributed by atoms with Crippen molar-refractivity contribution < 1.29 is 4.42 Å². The van der Waals surface area contributed by atoms with Crippen molar-refractivity contribution in [1.82, 2.24) is 14.9 Å². The van der Waals surface area contributed by atoms with E-state index in [0.29, 0.717) is 12.0 Å². The first-order valence-electron chi connectivity index (χ1n) is 7.10. The minimum atomic E-state index is 0.305. The Kier molecular flexibility index (Phi) is 3.69. The standard InChI is InChI=1S/C15H20N4O/c1-11-5-6-12(20-11)10-19-9-3-2-4-14(19)13-7-8-17-15(16)18-13/h5-8,14H,2-4,9-10H2,1H3,(H2,16,17,18)/t14-/m1/s1. The summed E-state index contributed by atoms with van der Waals surface area (Å²) in [5.74, 6) is 2.32. The fourth-order valence-corrected chi connectivity index (χ4v) is 2.86. The first kappa shape index (κ1) is 13.1. The molecule has 1 atom stereocenters. The number of furan rings is 1. The molecule has 0 amide bonds. The number of likely N-dealkylation sites (tertiary alicyclic amines) is 1. The highest BCUT2D eigenvalue weighted by molar-refractivity contribution is 5.20. The Labute approximate surface area is 118 Å². The molecule has 2 N–H and O–H groups in total. The number of aromatic nitrogens is 2. The van der Waals surface area contributed by atoms with Crippen molar-refractivity contribution in [2.75, 3.05) is 12.3 Å². The van der Waals surface area contributed by atoms with Crippen LogP contribution < -0.4 is 5.73 Å². The van der Waals surface area contributed by atoms with E-state index >= 15 is 0 Å². The van der Waals surface area contributed by atoms with Crippen LogP contribution in [0.15, 0.2) is 28.8 Å². The smallest absolute Gasteiger partial charge is 0.220 e. The summed E-state index contributed by atoms with van der Waals surface area (Å²) in [7, 11) is 0. The fraction of sp³-hybridized carbons (Fsp3) is 0.467. The molecule has 0 aliphatic carbocycles. The zero-order valence-electron chi connectivity index (χ0n) is 11.7. The maximum absolute atomic E-state index is 5.71. The third-order valence-electron chi connectivity index (χ3n) is 3.81. The van der Waals surface area contributed by atoms with Crippen LogP contribution in [0.5, 0.6) is 0 Å². The van der Waals surface area contributed by atoms with E-state index in [9.17, 15) is 0 Å². The Morgan fingerprint density at radius 1 is 1.35 bits per heavy atom. The number of anilines is 1. The van der Waals surface area contributed by atoms with Crippen molar-refractivity contribution in [3.05, 3.63) is 41.6 Å². The summed E-state index contributed by atoms with van der Waals surface area (Å²) in [6, 6.07) is 6.33. The van der Waals surface area contributed by atoms with Gasteiger partial charge in [0, 0.05) is 6.20 Å². The number of nitrogens with zero attached hydrogens (tertiary/aromatic N) is 3. The number of hydrogen-bond donors (Lipinski definition) is 1. The van der Waals surface area contributed by atoms with Gasteiger partial charge in [-0.3, -0.25) is 4.90 Å². The van der Waals surface area contributed by atoms with Gasteiger partial charge in [0.15, 0.2) is 0 Å². The number of hydrogen-bond acceptors (Lipinski definition) is 5. The van der Waals surface area contributed by atoms with Crippen LogP contribution in [0.3, 0.4) is 0 Å². The van der Waals surface area contributed by atoms with Crippen LogP contribution in [0.1, 0.15) is 42.5 Å². The topological polar surface area (TPSA) is 68.2 Å². The molecule has 1 saturated heterocycles. The van der Waals surface area contributed by atoms with Gasteiger partial charge >= 0.3 is 0 Å². The summed E-state index contributed by atoms with van der Waals surface area (Å²) in [6.45, 7) is 3.86. The third kappa shape index (κ3) is 2.82. The van der Waals surface area contributed by atoms with Crippen LogP contribution in [0.2, 0.25) is 0 Å². The van der Waals surface area contributed by atoms with Crippen molar-refractivity contribution >= 4 is 5.95 Å². The Morgan fingerprint density at radius 2 is 2.25 bits per heavy atom. The lowest BCUT2D eigenvalue weighted by Gasteiger charge is -2.34. The minimum absolute atomic E-state index is 0.305. The summed E-state index contributed by atoms with van der Waals surface area (Å²) in [5, 5.41) is 0. The molecule has 0 spiro atoms. The molecule has 106 valence electrons. The predicted molar refractivity (Wildman–Crippen MR) is 76.9 cm³/mol. The van der Waals surface area contributed by atoms with Gasteiger partial charge in [-0.2, -0.15) is 0 Å². The van der Waals surface area contributed by atoms with Crippen molar-refractivity contribution in [1.29, 1.82) is 0 Å². The number of aryl methyl sites for hydroxylation is 1. The second-order valence-electron chi connectivity index (χ2n) is 5.33. The molecule has 1 fully saturated rings. The molecule has 0 radical (unpaired) electrons. The molecule has 1 aliphatic heterocycles. The number of piperidine rings is 1. The molecular weight excluding hydrogens is 252 g/mol. The second-order valence-corrected chi connectivity index (χ2v) is 5.33. The lowest BCUT2D eigenvalue weighted by atomic mass is 9.99. The molecule has 0 unspecified atom stereocenters. The molecule has 2 aromatic rings. The molecule has 20 heavy (non-hydrogen) atoms. The molecule has 3 heterocycles. The van der Waals surface area contributed by atoms with Gasteiger partial charge in [0.2, 0.25) is 5.95 Å². The summed E-state index contributed by atoms with van der Waals surface area (Å²) >= 11 is 0. The van der Waals surface area contributed by atoms with Gasteiger partial charge < -0.3 is 10.2 Å². The zero-order chi connectivity index (χ0) is 13.9. The molecule has 0 bridgehead atoms. The first-order valence-corrected chi connectivity index (χ1v) is 7.10. The lowest BCUT2D eigenvalue weighted by molar-refractivity contribution is 0.127. The zero-order valence-corrected chi connectivity index (χ0v) is 11.7. The molecule has 2 aromatic heterocycles. The largest absolute Gasteiger partial charge is 0.465 e. The van der Waals surface area contributed by atoms with Crippen molar-refractivity contribution in [2.24, 2.45) is 0 Å². The van der Waals surface area contributed by atoms with E-state index in [1.54, 1.807) is 6.20 Å². The van der Waals surface area contributed by atoms with E-state index in [0.717, 1.165) is 36.7 Å². The molecular formula is C15H20N4O. The predicted octanol–water partition coefficient (Wildman–Crippen LogP) is 2.69. The van der Waals surface area contributed by atoms with E-state index in [1.807, 2.05) is 19.1 Å².